The number of benzene rings is 1. The SMILES string of the molecule is COc1ccc(C23CCCC(C2)C(CN(C(=O)C2CCC(O)CC2)c2cc(-c4cnn(C(C)C)c4)ccn2)CC3)cc1C. The van der Waals surface area contributed by atoms with Gasteiger partial charge in [-0.25, -0.2) is 4.98 Å². The molecule has 1 N–H and O–H groups in total. The van der Waals surface area contributed by atoms with Gasteiger partial charge in [-0.05, 0) is 124 Å². The summed E-state index contributed by atoms with van der Waals surface area (Å²) in [4.78, 5) is 21.1. The Kier molecular flexibility index (Phi) is 8.63. The van der Waals surface area contributed by atoms with E-state index in [1.807, 2.05) is 28.0 Å². The number of fused-ring (bicyclic) bond motifs is 2. The molecule has 0 aliphatic heterocycles. The number of ether oxygens (including phenoxy) is 1. The molecule has 2 heterocycles. The number of hydrogen-bond donors (Lipinski definition) is 1. The number of carbonyl (C=O) groups excluding carboxylic acids is 1. The van der Waals surface area contributed by atoms with Crippen molar-refractivity contribution in [3.63, 3.8) is 0 Å². The van der Waals surface area contributed by atoms with E-state index in [4.69, 9.17) is 9.72 Å². The maximum Gasteiger partial charge on any atom is 0.231 e. The fourth-order valence-electron chi connectivity index (χ4n) is 8.18. The Bertz CT molecular complexity index is 1430. The number of aliphatic hydroxyl groups excluding tert-OH is 1. The van der Waals surface area contributed by atoms with Crippen LogP contribution in [0.2, 0.25) is 0 Å². The number of hydrogen-bond acceptors (Lipinski definition) is 5. The molecule has 7 heteroatoms. The van der Waals surface area contributed by atoms with Crippen LogP contribution in [-0.4, -0.2) is 45.5 Å². The van der Waals surface area contributed by atoms with Gasteiger partial charge < -0.3 is 9.84 Å². The topological polar surface area (TPSA) is 80.5 Å². The molecule has 3 unspecified atom stereocenters. The van der Waals surface area contributed by atoms with Crippen LogP contribution >= 0.6 is 0 Å². The number of aliphatic hydroxyl groups is 1. The van der Waals surface area contributed by atoms with E-state index in [-0.39, 0.29) is 29.4 Å². The molecule has 3 fully saturated rings. The molecular weight excluding hydrogens is 536 g/mol. The van der Waals surface area contributed by atoms with Gasteiger partial charge in [0, 0.05) is 36.5 Å². The molecule has 2 aromatic heterocycles. The van der Waals surface area contributed by atoms with Gasteiger partial charge in [0.2, 0.25) is 5.91 Å². The highest BCUT2D eigenvalue weighted by atomic mass is 16.5. The Labute approximate surface area is 256 Å². The van der Waals surface area contributed by atoms with Gasteiger partial charge in [-0.1, -0.05) is 25.0 Å². The molecule has 2 bridgehead atoms. The zero-order valence-corrected chi connectivity index (χ0v) is 26.3. The minimum atomic E-state index is -0.285. The fourth-order valence-corrected chi connectivity index (χ4v) is 8.18. The summed E-state index contributed by atoms with van der Waals surface area (Å²) >= 11 is 0. The lowest BCUT2D eigenvalue weighted by Crippen LogP contribution is -2.47. The zero-order chi connectivity index (χ0) is 30.1. The predicted octanol–water partition coefficient (Wildman–Crippen LogP) is 7.27. The lowest BCUT2D eigenvalue weighted by atomic mass is 9.56. The number of nitrogens with zero attached hydrogens (tertiary/aromatic N) is 4. The molecule has 230 valence electrons. The van der Waals surface area contributed by atoms with Crippen LogP contribution in [0.15, 0.2) is 48.9 Å². The van der Waals surface area contributed by atoms with Crippen molar-refractivity contribution >= 4 is 11.7 Å². The third kappa shape index (κ3) is 6.11. The highest BCUT2D eigenvalue weighted by Crippen LogP contribution is 2.53. The molecule has 0 spiro atoms. The molecule has 1 aromatic carbocycles. The van der Waals surface area contributed by atoms with Crippen LogP contribution in [0.1, 0.15) is 95.2 Å². The average Bonchev–Trinajstić information content (AvgIpc) is 3.52. The Morgan fingerprint density at radius 1 is 1.09 bits per heavy atom. The molecule has 0 saturated heterocycles. The van der Waals surface area contributed by atoms with Crippen LogP contribution in [0.4, 0.5) is 5.82 Å². The van der Waals surface area contributed by atoms with Gasteiger partial charge in [0.1, 0.15) is 11.6 Å². The van der Waals surface area contributed by atoms with E-state index in [1.54, 1.807) is 7.11 Å². The van der Waals surface area contributed by atoms with Gasteiger partial charge in [-0.2, -0.15) is 5.10 Å². The van der Waals surface area contributed by atoms with Crippen molar-refractivity contribution in [2.24, 2.45) is 17.8 Å². The maximum atomic E-state index is 14.3. The monoisotopic (exact) mass is 584 g/mol. The van der Waals surface area contributed by atoms with Crippen LogP contribution in [0.5, 0.6) is 5.75 Å². The van der Waals surface area contributed by atoms with Gasteiger partial charge in [0.15, 0.2) is 0 Å². The Balaban J connectivity index is 1.27. The molecule has 1 amide bonds. The Morgan fingerprint density at radius 2 is 1.91 bits per heavy atom. The number of methoxy groups -OCH3 is 1. The van der Waals surface area contributed by atoms with E-state index in [1.165, 1.54) is 36.8 Å². The van der Waals surface area contributed by atoms with Crippen LogP contribution in [0.25, 0.3) is 11.1 Å². The van der Waals surface area contributed by atoms with Gasteiger partial charge in [0.05, 0.1) is 19.4 Å². The number of aromatic nitrogens is 3. The van der Waals surface area contributed by atoms with E-state index < -0.39 is 0 Å². The minimum Gasteiger partial charge on any atom is -0.496 e. The highest BCUT2D eigenvalue weighted by Gasteiger charge is 2.45. The van der Waals surface area contributed by atoms with Gasteiger partial charge in [-0.15, -0.1) is 0 Å². The summed E-state index contributed by atoms with van der Waals surface area (Å²) in [6, 6.07) is 11.2. The van der Waals surface area contributed by atoms with Crippen LogP contribution < -0.4 is 9.64 Å². The molecule has 43 heavy (non-hydrogen) atoms. The van der Waals surface area contributed by atoms with E-state index in [2.05, 4.69) is 56.3 Å². The van der Waals surface area contributed by atoms with Crippen molar-refractivity contribution in [2.45, 2.75) is 103 Å². The summed E-state index contributed by atoms with van der Waals surface area (Å²) in [6.45, 7) is 7.10. The summed E-state index contributed by atoms with van der Waals surface area (Å²) in [5.41, 5.74) is 4.95. The minimum absolute atomic E-state index is 0.0612. The van der Waals surface area contributed by atoms with E-state index in [9.17, 15) is 9.90 Å². The molecule has 0 radical (unpaired) electrons. The Hall–Kier alpha value is -3.19. The highest BCUT2D eigenvalue weighted by molar-refractivity contribution is 5.94. The van der Waals surface area contributed by atoms with Crippen molar-refractivity contribution in [1.29, 1.82) is 0 Å². The van der Waals surface area contributed by atoms with E-state index in [0.29, 0.717) is 31.2 Å². The standard InChI is InChI=1S/C36H48N4O3/c1-24(2)40-23-30(21-38-40)27-14-17-37-34(19-27)39(35(42)26-7-10-32(41)11-8-26)22-29-13-16-36(15-5-6-28(29)20-36)31-9-12-33(43-4)25(3)18-31/h9,12,14,17-19,21,23-24,26,28-29,32,41H,5-8,10-11,13,15-16,20,22H2,1-4H3. The smallest absolute Gasteiger partial charge is 0.231 e. The van der Waals surface area contributed by atoms with E-state index >= 15 is 0 Å². The first-order valence-corrected chi connectivity index (χ1v) is 16.4. The maximum absolute atomic E-state index is 14.3. The van der Waals surface area contributed by atoms with Crippen molar-refractivity contribution < 1.29 is 14.6 Å². The second-order valence-corrected chi connectivity index (χ2v) is 13.8. The van der Waals surface area contributed by atoms with Crippen molar-refractivity contribution in [3.05, 3.63) is 60.0 Å². The summed E-state index contributed by atoms with van der Waals surface area (Å²) in [5, 5.41) is 14.7. The van der Waals surface area contributed by atoms with Gasteiger partial charge >= 0.3 is 0 Å². The largest absolute Gasteiger partial charge is 0.496 e. The number of aryl methyl sites for hydroxylation is 1. The summed E-state index contributed by atoms with van der Waals surface area (Å²) < 4.78 is 7.52. The molecule has 3 saturated carbocycles. The molecule has 7 nitrogen and oxygen atoms in total. The zero-order valence-electron chi connectivity index (χ0n) is 26.3. The summed E-state index contributed by atoms with van der Waals surface area (Å²) in [6.07, 6.45) is 15.5. The predicted molar refractivity (Wildman–Crippen MR) is 170 cm³/mol. The number of rotatable bonds is 8. The van der Waals surface area contributed by atoms with Crippen molar-refractivity contribution in [2.75, 3.05) is 18.6 Å². The third-order valence-corrected chi connectivity index (χ3v) is 10.8. The summed E-state index contributed by atoms with van der Waals surface area (Å²) in [5.74, 6) is 2.84. The summed E-state index contributed by atoms with van der Waals surface area (Å²) in [7, 11) is 1.74. The van der Waals surface area contributed by atoms with Crippen LogP contribution in [-0.2, 0) is 10.2 Å². The molecule has 3 atom stereocenters. The van der Waals surface area contributed by atoms with Crippen molar-refractivity contribution in [1.82, 2.24) is 14.8 Å². The number of anilines is 1. The third-order valence-electron chi connectivity index (χ3n) is 10.8. The molecule has 3 aliphatic carbocycles. The van der Waals surface area contributed by atoms with E-state index in [0.717, 1.165) is 48.4 Å². The first-order chi connectivity index (χ1) is 20.8. The van der Waals surface area contributed by atoms with Crippen molar-refractivity contribution in [3.8, 4) is 16.9 Å². The van der Waals surface area contributed by atoms with Gasteiger partial charge in [-0.3, -0.25) is 14.4 Å². The van der Waals surface area contributed by atoms with Crippen LogP contribution in [0.3, 0.4) is 0 Å². The molecule has 6 rings (SSSR count). The first-order valence-electron chi connectivity index (χ1n) is 16.4. The first kappa shape index (κ1) is 29.9. The second kappa shape index (κ2) is 12.4. The van der Waals surface area contributed by atoms with Crippen LogP contribution in [0, 0.1) is 24.7 Å². The average molecular weight is 585 g/mol. The molecule has 3 aromatic rings. The quantitative estimate of drug-likeness (QED) is 0.301. The number of pyridine rings is 1. The number of amides is 1. The number of carbonyl (C=O) groups is 1. The normalized spacial score (nSPS) is 27.2. The fraction of sp³-hybridized carbons (Fsp3) is 0.583. The molecule has 3 aliphatic rings. The lowest BCUT2D eigenvalue weighted by molar-refractivity contribution is -0.124. The Morgan fingerprint density at radius 3 is 2.63 bits per heavy atom. The van der Waals surface area contributed by atoms with Gasteiger partial charge in [0.25, 0.3) is 0 Å². The molecular formula is C36H48N4O3. The lowest BCUT2D eigenvalue weighted by Gasteiger charge is -2.50. The second-order valence-electron chi connectivity index (χ2n) is 13.8.